The van der Waals surface area contributed by atoms with Crippen molar-refractivity contribution in [2.24, 2.45) is 0 Å². The number of thiophene rings is 1. The van der Waals surface area contributed by atoms with Gasteiger partial charge < -0.3 is 5.11 Å². The maximum Gasteiger partial charge on any atom is 0.151 e. The van der Waals surface area contributed by atoms with E-state index in [0.717, 1.165) is 25.5 Å². The number of aliphatic hydroxyl groups is 1. The van der Waals surface area contributed by atoms with Crippen LogP contribution in [0, 0.1) is 3.57 Å². The third-order valence-corrected chi connectivity index (χ3v) is 3.89. The number of halogens is 1. The Hall–Kier alpha value is -0.460. The van der Waals surface area contributed by atoms with Crippen LogP contribution in [0.5, 0.6) is 0 Å². The molecule has 0 atom stereocenters. The summed E-state index contributed by atoms with van der Waals surface area (Å²) in [5.74, 6) is 0. The third kappa shape index (κ3) is 1.47. The van der Waals surface area contributed by atoms with Crippen LogP contribution in [0.3, 0.4) is 0 Å². The number of rotatable bonds is 2. The zero-order valence-corrected chi connectivity index (χ0v) is 10.1. The van der Waals surface area contributed by atoms with Crippen LogP contribution in [-0.4, -0.2) is 11.4 Å². The second kappa shape index (κ2) is 3.96. The van der Waals surface area contributed by atoms with Crippen LogP contribution in [0.25, 0.3) is 10.1 Å². The molecule has 0 fully saturated rings. The van der Waals surface area contributed by atoms with E-state index in [0.29, 0.717) is 5.56 Å². The first-order valence-electron chi connectivity index (χ1n) is 4.02. The number of aldehydes is 1. The quantitative estimate of drug-likeness (QED) is 0.683. The Morgan fingerprint density at radius 1 is 1.57 bits per heavy atom. The van der Waals surface area contributed by atoms with E-state index < -0.39 is 0 Å². The van der Waals surface area contributed by atoms with Crippen LogP contribution in [0.2, 0.25) is 0 Å². The highest BCUT2D eigenvalue weighted by Crippen LogP contribution is 2.29. The fourth-order valence-electron chi connectivity index (χ4n) is 1.46. The molecule has 2 rings (SSSR count). The summed E-state index contributed by atoms with van der Waals surface area (Å²) in [5.41, 5.74) is 1.35. The molecular weight excluding hydrogens is 311 g/mol. The Kier molecular flexibility index (Phi) is 2.85. The molecule has 1 aromatic heterocycles. The van der Waals surface area contributed by atoms with Gasteiger partial charge in [0.2, 0.25) is 0 Å². The van der Waals surface area contributed by atoms with Gasteiger partial charge in [0, 0.05) is 13.8 Å². The smallest absolute Gasteiger partial charge is 0.151 e. The molecule has 0 saturated carbocycles. The van der Waals surface area contributed by atoms with E-state index in [9.17, 15) is 9.90 Å². The molecule has 0 unspecified atom stereocenters. The minimum Gasteiger partial charge on any atom is -0.392 e. The van der Waals surface area contributed by atoms with Crippen LogP contribution in [0.15, 0.2) is 17.5 Å². The highest BCUT2D eigenvalue weighted by atomic mass is 127. The number of hydrogen-bond donors (Lipinski definition) is 1. The molecule has 0 bridgehead atoms. The molecule has 1 heterocycles. The molecule has 14 heavy (non-hydrogen) atoms. The molecule has 4 heteroatoms. The number of carbonyl (C=O) groups excluding carboxylic acids is 1. The predicted molar refractivity (Wildman–Crippen MR) is 65.9 cm³/mol. The first-order valence-corrected chi connectivity index (χ1v) is 5.98. The van der Waals surface area contributed by atoms with Crippen LogP contribution in [0.4, 0.5) is 0 Å². The molecule has 0 aliphatic rings. The van der Waals surface area contributed by atoms with Crippen LogP contribution >= 0.6 is 33.9 Å². The summed E-state index contributed by atoms with van der Waals surface area (Å²) in [7, 11) is 0. The van der Waals surface area contributed by atoms with Gasteiger partial charge in [0.1, 0.15) is 0 Å². The van der Waals surface area contributed by atoms with Crippen molar-refractivity contribution in [1.29, 1.82) is 0 Å². The average Bonchev–Trinajstić information content (AvgIpc) is 2.62. The number of hydrogen-bond acceptors (Lipinski definition) is 3. The minimum atomic E-state index is -0.0852. The molecule has 0 aliphatic heterocycles. The summed E-state index contributed by atoms with van der Waals surface area (Å²) < 4.78 is 2.01. The van der Waals surface area contributed by atoms with Crippen molar-refractivity contribution in [3.8, 4) is 0 Å². The fourth-order valence-corrected chi connectivity index (χ4v) is 3.29. The number of carbonyl (C=O) groups is 1. The summed E-state index contributed by atoms with van der Waals surface area (Å²) in [6.07, 6.45) is 0.810. The minimum absolute atomic E-state index is 0.0852. The molecule has 2 aromatic rings. The van der Waals surface area contributed by atoms with Gasteiger partial charge in [-0.15, -0.1) is 11.3 Å². The van der Waals surface area contributed by atoms with E-state index in [1.165, 1.54) is 0 Å². The maximum atomic E-state index is 10.9. The van der Waals surface area contributed by atoms with Gasteiger partial charge in [-0.3, -0.25) is 4.79 Å². The van der Waals surface area contributed by atoms with Gasteiger partial charge in [0.05, 0.1) is 6.61 Å². The van der Waals surface area contributed by atoms with Gasteiger partial charge in [0.25, 0.3) is 0 Å². The Bertz CT molecular complexity index is 490. The highest BCUT2D eigenvalue weighted by Gasteiger charge is 2.11. The lowest BCUT2D eigenvalue weighted by atomic mass is 10.1. The predicted octanol–water partition coefficient (Wildman–Crippen LogP) is 2.81. The summed E-state index contributed by atoms with van der Waals surface area (Å²) in [4.78, 5) is 10.9. The van der Waals surface area contributed by atoms with Gasteiger partial charge >= 0.3 is 0 Å². The van der Waals surface area contributed by atoms with E-state index >= 15 is 0 Å². The van der Waals surface area contributed by atoms with Crippen molar-refractivity contribution in [2.45, 2.75) is 6.61 Å². The summed E-state index contributed by atoms with van der Waals surface area (Å²) in [6.45, 7) is -0.0852. The lowest BCUT2D eigenvalue weighted by Gasteiger charge is -2.05. The molecule has 1 N–H and O–H groups in total. The zero-order valence-electron chi connectivity index (χ0n) is 7.16. The normalized spacial score (nSPS) is 10.7. The SMILES string of the molecule is O=Cc1c(I)cc2sccc2c1CO. The van der Waals surface area contributed by atoms with E-state index in [4.69, 9.17) is 0 Å². The largest absolute Gasteiger partial charge is 0.392 e. The molecule has 0 amide bonds. The van der Waals surface area contributed by atoms with Gasteiger partial charge in [0.15, 0.2) is 6.29 Å². The fraction of sp³-hybridized carbons (Fsp3) is 0.100. The molecule has 72 valence electrons. The second-order valence-electron chi connectivity index (χ2n) is 2.86. The van der Waals surface area contributed by atoms with Crippen molar-refractivity contribution in [3.63, 3.8) is 0 Å². The Balaban J connectivity index is 2.88. The molecule has 2 nitrogen and oxygen atoms in total. The van der Waals surface area contributed by atoms with Crippen molar-refractivity contribution in [1.82, 2.24) is 0 Å². The van der Waals surface area contributed by atoms with E-state index in [1.807, 2.05) is 17.5 Å². The molecule has 0 spiro atoms. The van der Waals surface area contributed by atoms with E-state index in [-0.39, 0.29) is 6.61 Å². The van der Waals surface area contributed by atoms with Crippen molar-refractivity contribution in [3.05, 3.63) is 32.2 Å². The Morgan fingerprint density at radius 3 is 3.00 bits per heavy atom. The summed E-state index contributed by atoms with van der Waals surface area (Å²) >= 11 is 3.74. The van der Waals surface area contributed by atoms with Gasteiger partial charge in [-0.2, -0.15) is 0 Å². The number of benzene rings is 1. The monoisotopic (exact) mass is 318 g/mol. The van der Waals surface area contributed by atoms with Crippen LogP contribution in [-0.2, 0) is 6.61 Å². The Labute approximate surface area is 98.7 Å². The second-order valence-corrected chi connectivity index (χ2v) is 4.97. The van der Waals surface area contributed by atoms with Gasteiger partial charge in [-0.25, -0.2) is 0 Å². The number of fused-ring (bicyclic) bond motifs is 1. The zero-order chi connectivity index (χ0) is 10.1. The van der Waals surface area contributed by atoms with Crippen molar-refractivity contribution in [2.75, 3.05) is 0 Å². The van der Waals surface area contributed by atoms with Crippen LogP contribution in [0.1, 0.15) is 15.9 Å². The molecule has 0 aliphatic carbocycles. The summed E-state index contributed by atoms with van der Waals surface area (Å²) in [6, 6.07) is 3.91. The first kappa shape index (κ1) is 10.1. The number of aliphatic hydroxyl groups excluding tert-OH is 1. The molecule has 0 saturated heterocycles. The van der Waals surface area contributed by atoms with E-state index in [1.54, 1.807) is 11.3 Å². The third-order valence-electron chi connectivity index (χ3n) is 2.14. The van der Waals surface area contributed by atoms with Gasteiger partial charge in [-0.1, -0.05) is 0 Å². The standard InChI is InChI=1S/C10H7IO2S/c11-9-3-10-6(1-2-14-10)7(4-12)8(9)5-13/h1-3,5,12H,4H2. The van der Waals surface area contributed by atoms with Crippen molar-refractivity contribution >= 4 is 50.3 Å². The van der Waals surface area contributed by atoms with Gasteiger partial charge in [-0.05, 0) is 51.1 Å². The molecule has 1 aromatic carbocycles. The summed E-state index contributed by atoms with van der Waals surface area (Å²) in [5, 5.41) is 12.2. The van der Waals surface area contributed by atoms with Crippen molar-refractivity contribution < 1.29 is 9.90 Å². The molecule has 0 radical (unpaired) electrons. The first-order chi connectivity index (χ1) is 6.77. The van der Waals surface area contributed by atoms with Crippen LogP contribution < -0.4 is 0 Å². The van der Waals surface area contributed by atoms with E-state index in [2.05, 4.69) is 22.6 Å². The lowest BCUT2D eigenvalue weighted by molar-refractivity contribution is 0.112. The lowest BCUT2D eigenvalue weighted by Crippen LogP contribution is -1.96. The highest BCUT2D eigenvalue weighted by molar-refractivity contribution is 14.1. The Morgan fingerprint density at radius 2 is 2.36 bits per heavy atom. The molecular formula is C10H7IO2S. The average molecular weight is 318 g/mol. The maximum absolute atomic E-state index is 10.9. The topological polar surface area (TPSA) is 37.3 Å².